The molecule has 3 heterocycles. The number of nitrogens with zero attached hydrogens (tertiary/aromatic N) is 2. The lowest BCUT2D eigenvalue weighted by molar-refractivity contribution is 0.433. The molecule has 1 aromatic heterocycles. The summed E-state index contributed by atoms with van der Waals surface area (Å²) >= 11 is 0. The van der Waals surface area contributed by atoms with Gasteiger partial charge in [-0.3, -0.25) is 0 Å². The maximum absolute atomic E-state index is 7.13. The lowest BCUT2D eigenvalue weighted by atomic mass is 9.64. The predicted octanol–water partition coefficient (Wildman–Crippen LogP) is 19.8. The molecule has 4 heteroatoms. The summed E-state index contributed by atoms with van der Waals surface area (Å²) in [5.74, 6) is 3.52. The van der Waals surface area contributed by atoms with Gasteiger partial charge >= 0.3 is 0 Å². The van der Waals surface area contributed by atoms with Crippen LogP contribution in [-0.4, -0.2) is 4.57 Å². The number of hydrogen-bond donors (Lipinski definition) is 0. The highest BCUT2D eigenvalue weighted by Gasteiger charge is 2.54. The molecule has 0 bridgehead atoms. The van der Waals surface area contributed by atoms with E-state index in [1.54, 1.807) is 0 Å². The third kappa shape index (κ3) is 6.27. The second-order valence-corrected chi connectivity index (χ2v) is 24.4. The molecule has 0 unspecified atom stereocenters. The minimum absolute atomic E-state index is 0.115. The zero-order valence-corrected chi connectivity index (χ0v) is 45.8. The first-order chi connectivity index (χ1) is 38.9. The third-order valence-corrected chi connectivity index (χ3v) is 18.0. The van der Waals surface area contributed by atoms with Crippen molar-refractivity contribution in [2.45, 2.75) is 63.2 Å². The second-order valence-electron chi connectivity index (χ2n) is 24.4. The monoisotopic (exact) mass is 1030 g/mol. The molecule has 11 aromatic carbocycles. The number of fused-ring (bicyclic) bond motifs is 21. The van der Waals surface area contributed by atoms with E-state index in [4.69, 9.17) is 9.47 Å². The average Bonchev–Trinajstić information content (AvgIpc) is 2.49. The zero-order chi connectivity index (χ0) is 53.9. The van der Waals surface area contributed by atoms with Gasteiger partial charge in [-0.15, -0.1) is 0 Å². The Morgan fingerprint density at radius 3 is 1.21 bits per heavy atom. The zero-order valence-electron chi connectivity index (χ0n) is 45.8. The van der Waals surface area contributed by atoms with E-state index in [1.165, 1.54) is 66.4 Å². The normalized spacial score (nSPS) is 14.5. The molecule has 2 aliphatic carbocycles. The molecule has 12 aromatic rings. The van der Waals surface area contributed by atoms with Crippen LogP contribution in [0.5, 0.6) is 23.0 Å². The largest absolute Gasteiger partial charge is 0.457 e. The fourth-order valence-corrected chi connectivity index (χ4v) is 14.4. The molecule has 2 aliphatic heterocycles. The fourth-order valence-electron chi connectivity index (χ4n) is 14.4. The Hall–Kier alpha value is -9.38. The van der Waals surface area contributed by atoms with Crippen LogP contribution >= 0.6 is 0 Å². The van der Waals surface area contributed by atoms with Crippen LogP contribution in [0.15, 0.2) is 243 Å². The summed E-state index contributed by atoms with van der Waals surface area (Å²) in [7, 11) is 0. The van der Waals surface area contributed by atoms with Gasteiger partial charge in [0.15, 0.2) is 0 Å². The standard InChI is InChI=1S/C76H58N2O2/c1-73(2,3)47-35-41-71-63(43-47)76(64-44-48(74(4,5)6)36-42-72(64)80-71)58-26-12-8-22-52(58)54-40-38-50(46-62(54)76)77(67-31-17-18-32-68(67)78-65-29-15-9-23-55(65)56-24-10-16-30-66(56)78)49-37-39-53-51-21-7-11-25-57(51)75(61(53)45-49)59-27-13-19-33-69(59)79-70-34-20-14-28-60(70)75/h7-46H,1-6H3. The molecule has 0 fully saturated rings. The van der Waals surface area contributed by atoms with Gasteiger partial charge in [0.1, 0.15) is 23.0 Å². The van der Waals surface area contributed by atoms with Crippen molar-refractivity contribution >= 4 is 38.9 Å². The predicted molar refractivity (Wildman–Crippen MR) is 328 cm³/mol. The van der Waals surface area contributed by atoms with Gasteiger partial charge in [-0.2, -0.15) is 0 Å². The van der Waals surface area contributed by atoms with Crippen molar-refractivity contribution in [2.75, 3.05) is 4.90 Å². The number of hydrogen-bond acceptors (Lipinski definition) is 3. The van der Waals surface area contributed by atoms with Crippen LogP contribution in [0.2, 0.25) is 0 Å². The Morgan fingerprint density at radius 2 is 0.713 bits per heavy atom. The summed E-state index contributed by atoms with van der Waals surface area (Å²) in [6.07, 6.45) is 0. The topological polar surface area (TPSA) is 26.6 Å². The molecule has 16 rings (SSSR count). The molecule has 0 saturated heterocycles. The third-order valence-electron chi connectivity index (χ3n) is 18.0. The molecule has 80 heavy (non-hydrogen) atoms. The van der Waals surface area contributed by atoms with Crippen LogP contribution in [0, 0.1) is 0 Å². The highest BCUT2D eigenvalue weighted by molar-refractivity contribution is 6.10. The molecule has 4 aliphatic rings. The first-order valence-corrected chi connectivity index (χ1v) is 28.2. The molecule has 0 saturated carbocycles. The number of rotatable bonds is 4. The van der Waals surface area contributed by atoms with Crippen molar-refractivity contribution in [3.8, 4) is 50.9 Å². The Balaban J connectivity index is 1.02. The molecule has 2 spiro atoms. The van der Waals surface area contributed by atoms with Crippen molar-refractivity contribution in [1.82, 2.24) is 4.57 Å². The van der Waals surface area contributed by atoms with E-state index in [2.05, 4.69) is 294 Å². The fraction of sp³-hybridized carbons (Fsp3) is 0.132. The Bertz CT molecular complexity index is 4440. The summed E-state index contributed by atoms with van der Waals surface area (Å²) in [4.78, 5) is 2.54. The van der Waals surface area contributed by atoms with E-state index in [0.29, 0.717) is 0 Å². The first kappa shape index (κ1) is 46.7. The van der Waals surface area contributed by atoms with Gasteiger partial charge in [-0.25, -0.2) is 0 Å². The minimum atomic E-state index is -0.732. The Morgan fingerprint density at radius 1 is 0.325 bits per heavy atom. The summed E-state index contributed by atoms with van der Waals surface area (Å²) in [6.45, 7) is 13.9. The van der Waals surface area contributed by atoms with E-state index in [1.807, 2.05) is 0 Å². The van der Waals surface area contributed by atoms with Crippen LogP contribution in [-0.2, 0) is 21.7 Å². The van der Waals surface area contributed by atoms with Crippen LogP contribution in [0.25, 0.3) is 49.7 Å². The minimum Gasteiger partial charge on any atom is -0.457 e. The van der Waals surface area contributed by atoms with Crippen LogP contribution < -0.4 is 14.4 Å². The summed E-state index contributed by atoms with van der Waals surface area (Å²) in [5, 5.41) is 2.44. The van der Waals surface area contributed by atoms with Gasteiger partial charge < -0.3 is 18.9 Å². The van der Waals surface area contributed by atoms with Crippen LogP contribution in [0.3, 0.4) is 0 Å². The molecular formula is C76H58N2O2. The van der Waals surface area contributed by atoms with Gasteiger partial charge in [-0.05, 0) is 151 Å². The molecule has 0 atom stereocenters. The average molecular weight is 1030 g/mol. The lowest BCUT2D eigenvalue weighted by Crippen LogP contribution is -2.33. The highest BCUT2D eigenvalue weighted by atomic mass is 16.5. The van der Waals surface area contributed by atoms with E-state index in [0.717, 1.165) is 79.0 Å². The van der Waals surface area contributed by atoms with E-state index in [9.17, 15) is 0 Å². The molecular weight excluding hydrogens is 973 g/mol. The number of aromatic nitrogens is 1. The Kier molecular flexibility index (Phi) is 9.68. The van der Waals surface area contributed by atoms with Gasteiger partial charge in [0.25, 0.3) is 0 Å². The SMILES string of the molecule is CC(C)(C)c1ccc2c(c1)C1(c3cc(C(C)(C)C)ccc3O2)c2ccccc2-c2ccc(N(c3ccc4c(c3)C3(c5ccccc5Oc5ccccc53)c3ccccc3-4)c3ccccc3-n3c4ccccc4c4ccccc43)cc21. The van der Waals surface area contributed by atoms with Crippen molar-refractivity contribution in [3.05, 3.63) is 298 Å². The van der Waals surface area contributed by atoms with Gasteiger partial charge in [0, 0.05) is 44.4 Å². The van der Waals surface area contributed by atoms with Crippen molar-refractivity contribution in [1.29, 1.82) is 0 Å². The maximum Gasteiger partial charge on any atom is 0.132 e. The Labute approximate surface area is 467 Å². The van der Waals surface area contributed by atoms with Gasteiger partial charge in [0.05, 0.1) is 33.2 Å². The number of anilines is 3. The molecule has 384 valence electrons. The van der Waals surface area contributed by atoms with E-state index >= 15 is 0 Å². The van der Waals surface area contributed by atoms with E-state index < -0.39 is 10.8 Å². The smallest absolute Gasteiger partial charge is 0.132 e. The number of benzene rings is 11. The van der Waals surface area contributed by atoms with Crippen molar-refractivity contribution in [3.63, 3.8) is 0 Å². The van der Waals surface area contributed by atoms with Crippen LogP contribution in [0.4, 0.5) is 17.1 Å². The van der Waals surface area contributed by atoms with Gasteiger partial charge in [-0.1, -0.05) is 199 Å². The van der Waals surface area contributed by atoms with Crippen molar-refractivity contribution < 1.29 is 9.47 Å². The summed E-state index contributed by atoms with van der Waals surface area (Å²) in [5.41, 5.74) is 21.9. The molecule has 0 N–H and O–H groups in total. The van der Waals surface area contributed by atoms with E-state index in [-0.39, 0.29) is 10.8 Å². The number of para-hydroxylation sites is 6. The highest BCUT2D eigenvalue weighted by Crippen LogP contribution is 2.65. The molecule has 0 radical (unpaired) electrons. The van der Waals surface area contributed by atoms with Crippen molar-refractivity contribution in [2.24, 2.45) is 0 Å². The maximum atomic E-state index is 7.13. The molecule has 4 nitrogen and oxygen atoms in total. The summed E-state index contributed by atoms with van der Waals surface area (Å²) < 4.78 is 16.4. The number of ether oxygens (including phenoxy) is 2. The quantitative estimate of drug-likeness (QED) is 0.176. The van der Waals surface area contributed by atoms with Crippen LogP contribution in [0.1, 0.15) is 97.2 Å². The first-order valence-electron chi connectivity index (χ1n) is 28.2. The second kappa shape index (κ2) is 16.6. The summed E-state index contributed by atoms with van der Waals surface area (Å²) in [6, 6.07) is 90.6. The lowest BCUT2D eigenvalue weighted by Gasteiger charge is -2.41. The van der Waals surface area contributed by atoms with Gasteiger partial charge in [0.2, 0.25) is 0 Å². The molecule has 0 amide bonds.